The third-order valence-electron chi connectivity index (χ3n) is 2.61. The SMILES string of the molecule is C=CCN(CC(=O)OCC)Cc1c(C)noc1C. The van der Waals surface area contributed by atoms with Gasteiger partial charge in [0.1, 0.15) is 5.76 Å². The minimum atomic E-state index is -0.230. The Balaban J connectivity index is 2.68. The van der Waals surface area contributed by atoms with Crippen LogP contribution in [-0.2, 0) is 16.1 Å². The Kier molecular flexibility index (Phi) is 5.58. The van der Waals surface area contributed by atoms with E-state index in [9.17, 15) is 4.79 Å². The first kappa shape index (κ1) is 14.4. The number of hydrogen-bond donors (Lipinski definition) is 0. The van der Waals surface area contributed by atoms with Crippen LogP contribution < -0.4 is 0 Å². The largest absolute Gasteiger partial charge is 0.465 e. The summed E-state index contributed by atoms with van der Waals surface area (Å²) in [5.41, 5.74) is 1.87. The molecule has 5 nitrogen and oxygen atoms in total. The molecule has 0 radical (unpaired) electrons. The highest BCUT2D eigenvalue weighted by atomic mass is 16.5. The van der Waals surface area contributed by atoms with E-state index in [0.29, 0.717) is 19.7 Å². The van der Waals surface area contributed by atoms with Crippen LogP contribution in [0.1, 0.15) is 23.9 Å². The number of carbonyl (C=O) groups excluding carboxylic acids is 1. The number of aromatic nitrogens is 1. The third kappa shape index (κ3) is 4.00. The average Bonchev–Trinajstić information content (AvgIpc) is 2.61. The van der Waals surface area contributed by atoms with Crippen molar-refractivity contribution in [3.05, 3.63) is 29.7 Å². The first-order valence-electron chi connectivity index (χ1n) is 5.99. The molecule has 18 heavy (non-hydrogen) atoms. The summed E-state index contributed by atoms with van der Waals surface area (Å²) >= 11 is 0. The smallest absolute Gasteiger partial charge is 0.320 e. The molecule has 0 aliphatic carbocycles. The van der Waals surface area contributed by atoms with Gasteiger partial charge in [0.2, 0.25) is 0 Å². The Morgan fingerprint density at radius 3 is 2.78 bits per heavy atom. The Labute approximate surface area is 107 Å². The maximum atomic E-state index is 11.5. The summed E-state index contributed by atoms with van der Waals surface area (Å²) in [5.74, 6) is 0.552. The molecule has 1 aromatic rings. The van der Waals surface area contributed by atoms with Gasteiger partial charge in [-0.15, -0.1) is 6.58 Å². The zero-order valence-corrected chi connectivity index (χ0v) is 11.2. The van der Waals surface area contributed by atoms with E-state index < -0.39 is 0 Å². The first-order valence-corrected chi connectivity index (χ1v) is 5.99. The molecule has 0 aliphatic heterocycles. The fraction of sp³-hybridized carbons (Fsp3) is 0.538. The zero-order valence-electron chi connectivity index (χ0n) is 11.2. The third-order valence-corrected chi connectivity index (χ3v) is 2.61. The van der Waals surface area contributed by atoms with Crippen LogP contribution in [0.3, 0.4) is 0 Å². The van der Waals surface area contributed by atoms with E-state index in [1.165, 1.54) is 0 Å². The second kappa shape index (κ2) is 6.96. The monoisotopic (exact) mass is 252 g/mol. The minimum absolute atomic E-state index is 0.230. The van der Waals surface area contributed by atoms with E-state index >= 15 is 0 Å². The highest BCUT2D eigenvalue weighted by Crippen LogP contribution is 2.14. The lowest BCUT2D eigenvalue weighted by molar-refractivity contribution is -0.144. The molecule has 1 heterocycles. The standard InChI is InChI=1S/C13H20N2O3/c1-5-7-15(9-13(16)17-6-2)8-12-10(3)14-18-11(12)4/h5H,1,6-9H2,2-4H3. The van der Waals surface area contributed by atoms with Crippen molar-refractivity contribution < 1.29 is 14.1 Å². The van der Waals surface area contributed by atoms with Gasteiger partial charge < -0.3 is 9.26 Å². The molecule has 0 spiro atoms. The van der Waals surface area contributed by atoms with Gasteiger partial charge >= 0.3 is 5.97 Å². The summed E-state index contributed by atoms with van der Waals surface area (Å²) in [6.45, 7) is 11.1. The lowest BCUT2D eigenvalue weighted by atomic mass is 10.2. The highest BCUT2D eigenvalue weighted by molar-refractivity contribution is 5.71. The molecular formula is C13H20N2O3. The van der Waals surface area contributed by atoms with Crippen molar-refractivity contribution in [2.24, 2.45) is 0 Å². The summed E-state index contributed by atoms with van der Waals surface area (Å²) in [6.07, 6.45) is 1.76. The van der Waals surface area contributed by atoms with Crippen LogP contribution in [0.2, 0.25) is 0 Å². The summed E-state index contributed by atoms with van der Waals surface area (Å²) in [5, 5.41) is 3.90. The summed E-state index contributed by atoms with van der Waals surface area (Å²) in [7, 11) is 0. The Bertz CT molecular complexity index is 393. The van der Waals surface area contributed by atoms with Crippen molar-refractivity contribution in [3.8, 4) is 0 Å². The number of esters is 1. The summed E-state index contributed by atoms with van der Waals surface area (Å²) < 4.78 is 10.1. The molecule has 0 fully saturated rings. The molecule has 0 atom stereocenters. The van der Waals surface area contributed by atoms with Crippen molar-refractivity contribution >= 4 is 5.97 Å². The van der Waals surface area contributed by atoms with E-state index in [1.54, 1.807) is 13.0 Å². The summed E-state index contributed by atoms with van der Waals surface area (Å²) in [6, 6.07) is 0. The number of hydrogen-bond acceptors (Lipinski definition) is 5. The summed E-state index contributed by atoms with van der Waals surface area (Å²) in [4.78, 5) is 13.4. The molecule has 0 bridgehead atoms. The predicted molar refractivity (Wildman–Crippen MR) is 68.1 cm³/mol. The lowest BCUT2D eigenvalue weighted by Crippen LogP contribution is -2.31. The quantitative estimate of drug-likeness (QED) is 0.547. The van der Waals surface area contributed by atoms with Gasteiger partial charge in [0.05, 0.1) is 18.8 Å². The van der Waals surface area contributed by atoms with Crippen LogP contribution >= 0.6 is 0 Å². The van der Waals surface area contributed by atoms with Crippen LogP contribution in [0.15, 0.2) is 17.2 Å². The van der Waals surface area contributed by atoms with Crippen molar-refractivity contribution in [1.29, 1.82) is 0 Å². The van der Waals surface area contributed by atoms with Gasteiger partial charge in [0, 0.05) is 18.7 Å². The van der Waals surface area contributed by atoms with Crippen LogP contribution in [0, 0.1) is 13.8 Å². The predicted octanol–water partition coefficient (Wildman–Crippen LogP) is 1.84. The fourth-order valence-electron chi connectivity index (χ4n) is 1.71. The number of carbonyl (C=O) groups is 1. The Morgan fingerprint density at radius 2 is 2.28 bits per heavy atom. The Morgan fingerprint density at radius 1 is 1.56 bits per heavy atom. The van der Waals surface area contributed by atoms with Crippen molar-refractivity contribution in [1.82, 2.24) is 10.1 Å². The van der Waals surface area contributed by atoms with Gasteiger partial charge in [-0.1, -0.05) is 11.2 Å². The number of nitrogens with zero attached hydrogens (tertiary/aromatic N) is 2. The van der Waals surface area contributed by atoms with Gasteiger partial charge in [-0.2, -0.15) is 0 Å². The molecule has 1 rings (SSSR count). The number of rotatable bonds is 7. The second-order valence-electron chi connectivity index (χ2n) is 4.07. The lowest BCUT2D eigenvalue weighted by Gasteiger charge is -2.19. The average molecular weight is 252 g/mol. The second-order valence-corrected chi connectivity index (χ2v) is 4.07. The molecule has 0 saturated carbocycles. The van der Waals surface area contributed by atoms with Crippen molar-refractivity contribution in [2.75, 3.05) is 19.7 Å². The molecule has 100 valence electrons. The topological polar surface area (TPSA) is 55.6 Å². The highest BCUT2D eigenvalue weighted by Gasteiger charge is 2.16. The van der Waals surface area contributed by atoms with E-state index in [-0.39, 0.29) is 12.5 Å². The molecular weight excluding hydrogens is 232 g/mol. The number of aryl methyl sites for hydroxylation is 2. The van der Waals surface area contributed by atoms with E-state index in [0.717, 1.165) is 17.0 Å². The molecule has 5 heteroatoms. The molecule has 1 aromatic heterocycles. The van der Waals surface area contributed by atoms with Gasteiger partial charge in [-0.3, -0.25) is 9.69 Å². The van der Waals surface area contributed by atoms with Gasteiger partial charge in [-0.05, 0) is 20.8 Å². The van der Waals surface area contributed by atoms with E-state index in [4.69, 9.17) is 9.26 Å². The van der Waals surface area contributed by atoms with Crippen LogP contribution in [0.25, 0.3) is 0 Å². The maximum absolute atomic E-state index is 11.5. The van der Waals surface area contributed by atoms with Crippen LogP contribution in [0.5, 0.6) is 0 Å². The van der Waals surface area contributed by atoms with Gasteiger partial charge in [0.25, 0.3) is 0 Å². The number of ether oxygens (including phenoxy) is 1. The molecule has 0 amide bonds. The van der Waals surface area contributed by atoms with Crippen molar-refractivity contribution in [2.45, 2.75) is 27.3 Å². The zero-order chi connectivity index (χ0) is 13.5. The van der Waals surface area contributed by atoms with Crippen LogP contribution in [-0.4, -0.2) is 35.7 Å². The maximum Gasteiger partial charge on any atom is 0.320 e. The molecule has 0 saturated heterocycles. The van der Waals surface area contributed by atoms with Crippen LogP contribution in [0.4, 0.5) is 0 Å². The van der Waals surface area contributed by atoms with E-state index in [2.05, 4.69) is 11.7 Å². The molecule has 0 N–H and O–H groups in total. The normalized spacial score (nSPS) is 10.7. The van der Waals surface area contributed by atoms with Crippen molar-refractivity contribution in [3.63, 3.8) is 0 Å². The molecule has 0 unspecified atom stereocenters. The first-order chi connectivity index (χ1) is 8.58. The van der Waals surface area contributed by atoms with Gasteiger partial charge in [-0.25, -0.2) is 0 Å². The molecule has 0 aromatic carbocycles. The minimum Gasteiger partial charge on any atom is -0.465 e. The van der Waals surface area contributed by atoms with E-state index in [1.807, 2.05) is 18.7 Å². The Hall–Kier alpha value is -1.62. The fourth-order valence-corrected chi connectivity index (χ4v) is 1.71. The molecule has 0 aliphatic rings. The van der Waals surface area contributed by atoms with Gasteiger partial charge in [0.15, 0.2) is 0 Å².